The van der Waals surface area contributed by atoms with Crippen molar-refractivity contribution in [2.24, 2.45) is 0 Å². The average Bonchev–Trinajstić information content (AvgIpc) is 2.67. The molecule has 0 atom stereocenters. The van der Waals surface area contributed by atoms with Crippen LogP contribution in [-0.2, 0) is 12.7 Å². The van der Waals surface area contributed by atoms with E-state index >= 15 is 0 Å². The van der Waals surface area contributed by atoms with Gasteiger partial charge in [0.05, 0.1) is 11.3 Å². The predicted octanol–water partition coefficient (Wildman–Crippen LogP) is 4.48. The Morgan fingerprint density at radius 1 is 1.04 bits per heavy atom. The maximum absolute atomic E-state index is 13.1. The number of rotatable bonds is 5. The van der Waals surface area contributed by atoms with Crippen LogP contribution in [0.2, 0.25) is 0 Å². The van der Waals surface area contributed by atoms with E-state index in [2.05, 4.69) is 20.6 Å². The van der Waals surface area contributed by atoms with Crippen molar-refractivity contribution in [2.45, 2.75) is 19.6 Å². The third kappa shape index (κ3) is 4.64. The number of hydrogen-bond donors (Lipinski definition) is 2. The van der Waals surface area contributed by atoms with Crippen molar-refractivity contribution in [3.05, 3.63) is 83.2 Å². The number of benzene rings is 2. The van der Waals surface area contributed by atoms with Gasteiger partial charge < -0.3 is 10.6 Å². The molecule has 0 aliphatic heterocycles. The SMILES string of the molecule is Cc1ccccc1CNC(=O)c1ccnc(Nc2ccccc2C(F)(F)F)n1. The van der Waals surface area contributed by atoms with Gasteiger partial charge >= 0.3 is 6.18 Å². The van der Waals surface area contributed by atoms with Crippen molar-refractivity contribution in [2.75, 3.05) is 5.32 Å². The summed E-state index contributed by atoms with van der Waals surface area (Å²) in [5.74, 6) is -0.543. The van der Waals surface area contributed by atoms with Crippen molar-refractivity contribution >= 4 is 17.5 Å². The van der Waals surface area contributed by atoms with Gasteiger partial charge in [-0.05, 0) is 36.2 Å². The molecule has 0 aliphatic carbocycles. The molecule has 0 bridgehead atoms. The van der Waals surface area contributed by atoms with Crippen LogP contribution in [0.1, 0.15) is 27.2 Å². The fraction of sp³-hybridized carbons (Fsp3) is 0.150. The quantitative estimate of drug-likeness (QED) is 0.679. The third-order valence-electron chi connectivity index (χ3n) is 4.07. The molecule has 1 heterocycles. The molecule has 8 heteroatoms. The fourth-order valence-corrected chi connectivity index (χ4v) is 2.58. The van der Waals surface area contributed by atoms with Crippen LogP contribution in [0.4, 0.5) is 24.8 Å². The lowest BCUT2D eigenvalue weighted by Gasteiger charge is -2.13. The molecule has 0 spiro atoms. The first-order chi connectivity index (χ1) is 13.3. The van der Waals surface area contributed by atoms with Crippen molar-refractivity contribution in [3.8, 4) is 0 Å². The van der Waals surface area contributed by atoms with Gasteiger partial charge in [0.25, 0.3) is 5.91 Å². The zero-order chi connectivity index (χ0) is 20.1. The molecule has 0 saturated carbocycles. The van der Waals surface area contributed by atoms with Gasteiger partial charge in [-0.1, -0.05) is 36.4 Å². The number of halogens is 3. The van der Waals surface area contributed by atoms with Gasteiger partial charge in [0.1, 0.15) is 5.69 Å². The number of nitrogens with zero attached hydrogens (tertiary/aromatic N) is 2. The molecule has 0 radical (unpaired) electrons. The van der Waals surface area contributed by atoms with Crippen molar-refractivity contribution in [1.82, 2.24) is 15.3 Å². The van der Waals surface area contributed by atoms with Crippen molar-refractivity contribution in [1.29, 1.82) is 0 Å². The molecule has 28 heavy (non-hydrogen) atoms. The number of aryl methyl sites for hydroxylation is 1. The number of hydrogen-bond acceptors (Lipinski definition) is 4. The lowest BCUT2D eigenvalue weighted by molar-refractivity contribution is -0.136. The Balaban J connectivity index is 1.74. The molecule has 0 aliphatic rings. The van der Waals surface area contributed by atoms with E-state index in [1.165, 1.54) is 30.5 Å². The summed E-state index contributed by atoms with van der Waals surface area (Å²) in [4.78, 5) is 20.3. The standard InChI is InChI=1S/C20H17F3N4O/c1-13-6-2-3-7-14(13)12-25-18(28)17-10-11-24-19(27-17)26-16-9-5-4-8-15(16)20(21,22)23/h2-11H,12H2,1H3,(H,25,28)(H,24,26,27). The fourth-order valence-electron chi connectivity index (χ4n) is 2.58. The van der Waals surface area contributed by atoms with E-state index in [1.54, 1.807) is 0 Å². The van der Waals surface area contributed by atoms with Crippen LogP contribution in [0.25, 0.3) is 0 Å². The second-order valence-corrected chi connectivity index (χ2v) is 6.04. The molecule has 3 rings (SSSR count). The Hall–Kier alpha value is -3.42. The maximum Gasteiger partial charge on any atom is 0.418 e. The smallest absolute Gasteiger partial charge is 0.347 e. The largest absolute Gasteiger partial charge is 0.418 e. The minimum Gasteiger partial charge on any atom is -0.347 e. The first-order valence-electron chi connectivity index (χ1n) is 8.43. The number of aromatic nitrogens is 2. The highest BCUT2D eigenvalue weighted by atomic mass is 19.4. The van der Waals surface area contributed by atoms with Crippen molar-refractivity contribution in [3.63, 3.8) is 0 Å². The lowest BCUT2D eigenvalue weighted by Crippen LogP contribution is -2.24. The highest BCUT2D eigenvalue weighted by Gasteiger charge is 2.33. The van der Waals surface area contributed by atoms with Crippen LogP contribution in [0.15, 0.2) is 60.8 Å². The Morgan fingerprint density at radius 2 is 1.75 bits per heavy atom. The molecule has 144 valence electrons. The Labute approximate surface area is 159 Å². The highest BCUT2D eigenvalue weighted by Crippen LogP contribution is 2.35. The van der Waals surface area contributed by atoms with Crippen LogP contribution in [0.5, 0.6) is 0 Å². The number of amides is 1. The minimum atomic E-state index is -4.52. The van der Waals surface area contributed by atoms with Gasteiger partial charge in [-0.25, -0.2) is 9.97 Å². The average molecular weight is 386 g/mol. The monoisotopic (exact) mass is 386 g/mol. The number of carbonyl (C=O) groups is 1. The molecule has 2 N–H and O–H groups in total. The zero-order valence-corrected chi connectivity index (χ0v) is 14.9. The van der Waals surface area contributed by atoms with E-state index in [4.69, 9.17) is 0 Å². The molecular formula is C20H17F3N4O. The molecular weight excluding hydrogens is 369 g/mol. The first kappa shape index (κ1) is 19.3. The number of anilines is 2. The Morgan fingerprint density at radius 3 is 2.50 bits per heavy atom. The second kappa shape index (κ2) is 8.08. The summed E-state index contributed by atoms with van der Waals surface area (Å²) in [5.41, 5.74) is 1.02. The topological polar surface area (TPSA) is 66.9 Å². The van der Waals surface area contributed by atoms with E-state index in [1.807, 2.05) is 31.2 Å². The summed E-state index contributed by atoms with van der Waals surface area (Å²) in [5, 5.41) is 5.28. The lowest BCUT2D eigenvalue weighted by atomic mass is 10.1. The van der Waals surface area contributed by atoms with Crippen LogP contribution < -0.4 is 10.6 Å². The van der Waals surface area contributed by atoms with Crippen LogP contribution in [0, 0.1) is 6.92 Å². The summed E-state index contributed by atoms with van der Waals surface area (Å²) < 4.78 is 39.3. The maximum atomic E-state index is 13.1. The van der Waals surface area contributed by atoms with E-state index in [0.29, 0.717) is 6.54 Å². The molecule has 5 nitrogen and oxygen atoms in total. The molecule has 0 saturated heterocycles. The first-order valence-corrected chi connectivity index (χ1v) is 8.43. The molecule has 2 aromatic carbocycles. The van der Waals surface area contributed by atoms with E-state index in [0.717, 1.165) is 17.2 Å². The van der Waals surface area contributed by atoms with Gasteiger partial charge in [-0.3, -0.25) is 4.79 Å². The number of para-hydroxylation sites is 1. The molecule has 3 aromatic rings. The summed E-state index contributed by atoms with van der Waals surface area (Å²) >= 11 is 0. The van der Waals surface area contributed by atoms with Gasteiger partial charge in [-0.15, -0.1) is 0 Å². The third-order valence-corrected chi connectivity index (χ3v) is 4.07. The van der Waals surface area contributed by atoms with Gasteiger partial charge in [0.15, 0.2) is 0 Å². The number of alkyl halides is 3. The Kier molecular flexibility index (Phi) is 5.58. The Bertz CT molecular complexity index is 989. The van der Waals surface area contributed by atoms with Crippen LogP contribution in [-0.4, -0.2) is 15.9 Å². The van der Waals surface area contributed by atoms with Crippen LogP contribution >= 0.6 is 0 Å². The predicted molar refractivity (Wildman–Crippen MR) is 99.1 cm³/mol. The van der Waals surface area contributed by atoms with E-state index in [-0.39, 0.29) is 17.3 Å². The van der Waals surface area contributed by atoms with Crippen molar-refractivity contribution < 1.29 is 18.0 Å². The van der Waals surface area contributed by atoms with Gasteiger partial charge in [0.2, 0.25) is 5.95 Å². The van der Waals surface area contributed by atoms with E-state index < -0.39 is 17.6 Å². The minimum absolute atomic E-state index is 0.0515. The molecule has 1 amide bonds. The number of nitrogens with one attached hydrogen (secondary N) is 2. The zero-order valence-electron chi connectivity index (χ0n) is 14.9. The summed E-state index contributed by atoms with van der Waals surface area (Å²) in [6.07, 6.45) is -3.21. The van der Waals surface area contributed by atoms with Gasteiger partial charge in [0, 0.05) is 12.7 Å². The molecule has 0 fully saturated rings. The summed E-state index contributed by atoms with van der Waals surface area (Å²) in [7, 11) is 0. The normalized spacial score (nSPS) is 11.1. The molecule has 0 unspecified atom stereocenters. The summed E-state index contributed by atoms with van der Waals surface area (Å²) in [6.45, 7) is 2.25. The molecule has 1 aromatic heterocycles. The van der Waals surface area contributed by atoms with Gasteiger partial charge in [-0.2, -0.15) is 13.2 Å². The summed E-state index contributed by atoms with van der Waals surface area (Å²) in [6, 6.07) is 14.0. The van der Waals surface area contributed by atoms with E-state index in [9.17, 15) is 18.0 Å². The number of carbonyl (C=O) groups excluding carboxylic acids is 1. The highest BCUT2D eigenvalue weighted by molar-refractivity contribution is 5.92. The van der Waals surface area contributed by atoms with Crippen LogP contribution in [0.3, 0.4) is 0 Å². The second-order valence-electron chi connectivity index (χ2n) is 6.04.